The molecule has 0 bridgehead atoms. The van der Waals surface area contributed by atoms with Crippen LogP contribution in [0.2, 0.25) is 0 Å². The topological polar surface area (TPSA) is 84.5 Å². The molecule has 7 heteroatoms. The molecule has 1 N–H and O–H groups in total. The zero-order valence-corrected chi connectivity index (χ0v) is 10.4. The van der Waals surface area contributed by atoms with Gasteiger partial charge in [0.15, 0.2) is 5.69 Å². The largest absolute Gasteiger partial charge is 0.461 e. The number of hydrogen-bond donors (Lipinski definition) is 1. The minimum absolute atomic E-state index is 0.250. The molecule has 0 aromatic carbocycles. The number of carbonyl (C=O) groups excluding carboxylic acids is 2. The summed E-state index contributed by atoms with van der Waals surface area (Å²) >= 11 is 0. The molecule has 0 aliphatic carbocycles. The third-order valence-corrected chi connectivity index (χ3v) is 2.84. The van der Waals surface area contributed by atoms with Gasteiger partial charge in [-0.2, -0.15) is 5.10 Å². The number of hydrogen-bond acceptors (Lipinski definition) is 5. The van der Waals surface area contributed by atoms with Crippen molar-refractivity contribution in [3.63, 3.8) is 0 Å². The van der Waals surface area contributed by atoms with Gasteiger partial charge in [0.25, 0.3) is 0 Å². The maximum absolute atomic E-state index is 11.7. The Morgan fingerprint density at radius 2 is 2.28 bits per heavy atom. The molecule has 2 heterocycles. The van der Waals surface area contributed by atoms with Crippen molar-refractivity contribution in [1.29, 1.82) is 0 Å². The van der Waals surface area contributed by atoms with E-state index in [0.717, 1.165) is 5.69 Å². The number of aromatic nitrogens is 2. The highest BCUT2D eigenvalue weighted by Crippen LogP contribution is 2.21. The minimum atomic E-state index is -0.471. The monoisotopic (exact) mass is 253 g/mol. The molecule has 1 aliphatic rings. The Morgan fingerprint density at radius 1 is 1.50 bits per heavy atom. The predicted molar refractivity (Wildman–Crippen MR) is 61.1 cm³/mol. The number of esters is 1. The Labute approximate surface area is 104 Å². The molecule has 0 radical (unpaired) electrons. The summed E-state index contributed by atoms with van der Waals surface area (Å²) in [5, 5.41) is 6.77. The number of carbonyl (C=O) groups is 2. The standard InChI is InChI=1S/C11H15N3O4/c1-3-18-10(15)9-7-6-14(11(16)17-2)5-4-8(7)12-13-9/h3-6H2,1-2H3,(H,12,13). The van der Waals surface area contributed by atoms with Crippen molar-refractivity contribution < 1.29 is 19.1 Å². The number of aromatic amines is 1. The van der Waals surface area contributed by atoms with E-state index < -0.39 is 12.1 Å². The lowest BCUT2D eigenvalue weighted by Gasteiger charge is -2.25. The molecule has 0 atom stereocenters. The summed E-state index contributed by atoms with van der Waals surface area (Å²) in [5.74, 6) is -0.471. The zero-order chi connectivity index (χ0) is 13.1. The van der Waals surface area contributed by atoms with Gasteiger partial charge < -0.3 is 14.4 Å². The molecular weight excluding hydrogens is 238 g/mol. The van der Waals surface area contributed by atoms with Crippen molar-refractivity contribution in [2.45, 2.75) is 19.9 Å². The molecule has 0 spiro atoms. The molecule has 2 rings (SSSR count). The number of methoxy groups -OCH3 is 1. The summed E-state index contributed by atoms with van der Waals surface area (Å²) in [7, 11) is 1.33. The van der Waals surface area contributed by atoms with Gasteiger partial charge in [0.2, 0.25) is 0 Å². The van der Waals surface area contributed by atoms with Gasteiger partial charge in [-0.05, 0) is 6.92 Å². The lowest BCUT2D eigenvalue weighted by atomic mass is 10.1. The van der Waals surface area contributed by atoms with Crippen molar-refractivity contribution in [3.8, 4) is 0 Å². The zero-order valence-electron chi connectivity index (χ0n) is 10.4. The third kappa shape index (κ3) is 2.15. The molecule has 0 unspecified atom stereocenters. The van der Waals surface area contributed by atoms with Gasteiger partial charge in [0, 0.05) is 24.2 Å². The molecule has 1 aliphatic heterocycles. The molecular formula is C11H15N3O4. The highest BCUT2D eigenvalue weighted by Gasteiger charge is 2.28. The van der Waals surface area contributed by atoms with Gasteiger partial charge in [-0.1, -0.05) is 0 Å². The molecule has 7 nitrogen and oxygen atoms in total. The maximum Gasteiger partial charge on any atom is 0.409 e. The highest BCUT2D eigenvalue weighted by atomic mass is 16.5. The Balaban J connectivity index is 2.21. The van der Waals surface area contributed by atoms with E-state index in [1.54, 1.807) is 6.92 Å². The molecule has 1 aromatic rings. The molecule has 0 fully saturated rings. The van der Waals surface area contributed by atoms with E-state index in [2.05, 4.69) is 14.9 Å². The first kappa shape index (κ1) is 12.4. The second kappa shape index (κ2) is 5.07. The van der Waals surface area contributed by atoms with Gasteiger partial charge in [-0.3, -0.25) is 5.10 Å². The van der Waals surface area contributed by atoms with Crippen molar-refractivity contribution in [2.24, 2.45) is 0 Å². The van der Waals surface area contributed by atoms with Gasteiger partial charge in [-0.15, -0.1) is 0 Å². The number of nitrogens with zero attached hydrogens (tertiary/aromatic N) is 2. The van der Waals surface area contributed by atoms with Crippen LogP contribution in [0.15, 0.2) is 0 Å². The Morgan fingerprint density at radius 3 is 2.94 bits per heavy atom. The second-order valence-corrected chi connectivity index (χ2v) is 3.89. The Bertz CT molecular complexity index is 469. The first-order valence-electron chi connectivity index (χ1n) is 5.73. The smallest absolute Gasteiger partial charge is 0.409 e. The maximum atomic E-state index is 11.7. The van der Waals surface area contributed by atoms with Crippen molar-refractivity contribution in [1.82, 2.24) is 15.1 Å². The van der Waals surface area contributed by atoms with E-state index >= 15 is 0 Å². The van der Waals surface area contributed by atoms with E-state index in [0.29, 0.717) is 31.7 Å². The Kier molecular flexibility index (Phi) is 3.50. The summed E-state index contributed by atoms with van der Waals surface area (Å²) in [4.78, 5) is 24.7. The molecule has 0 saturated carbocycles. The minimum Gasteiger partial charge on any atom is -0.461 e. The number of H-pyrrole nitrogens is 1. The van der Waals surface area contributed by atoms with Crippen LogP contribution in [-0.4, -0.2) is 47.4 Å². The van der Waals surface area contributed by atoms with Gasteiger partial charge in [-0.25, -0.2) is 9.59 Å². The second-order valence-electron chi connectivity index (χ2n) is 3.89. The van der Waals surface area contributed by atoms with Crippen LogP contribution in [0.1, 0.15) is 28.7 Å². The SMILES string of the molecule is CCOC(=O)c1n[nH]c2c1CN(C(=O)OC)CC2. The first-order valence-corrected chi connectivity index (χ1v) is 5.73. The number of ether oxygens (including phenoxy) is 2. The van der Waals surface area contributed by atoms with Crippen molar-refractivity contribution in [3.05, 3.63) is 17.0 Å². The number of fused-ring (bicyclic) bond motifs is 1. The van der Waals surface area contributed by atoms with E-state index in [-0.39, 0.29) is 5.69 Å². The number of amides is 1. The fourth-order valence-corrected chi connectivity index (χ4v) is 1.95. The lowest BCUT2D eigenvalue weighted by molar-refractivity contribution is 0.0515. The molecule has 18 heavy (non-hydrogen) atoms. The molecule has 1 amide bonds. The number of nitrogens with one attached hydrogen (secondary N) is 1. The van der Waals surface area contributed by atoms with E-state index in [4.69, 9.17) is 4.74 Å². The van der Waals surface area contributed by atoms with E-state index in [9.17, 15) is 9.59 Å². The average Bonchev–Trinajstić information content (AvgIpc) is 2.80. The summed E-state index contributed by atoms with van der Waals surface area (Å²) in [6, 6.07) is 0. The fourth-order valence-electron chi connectivity index (χ4n) is 1.95. The van der Waals surface area contributed by atoms with Crippen LogP contribution in [0.4, 0.5) is 4.79 Å². The van der Waals surface area contributed by atoms with Crippen LogP contribution in [-0.2, 0) is 22.4 Å². The third-order valence-electron chi connectivity index (χ3n) is 2.84. The van der Waals surface area contributed by atoms with Crippen LogP contribution in [0, 0.1) is 0 Å². The number of rotatable bonds is 2. The fraction of sp³-hybridized carbons (Fsp3) is 0.545. The normalized spacial score (nSPS) is 14.0. The van der Waals surface area contributed by atoms with Crippen LogP contribution >= 0.6 is 0 Å². The summed E-state index contributed by atoms with van der Waals surface area (Å²) < 4.78 is 9.59. The van der Waals surface area contributed by atoms with Crippen LogP contribution in [0.25, 0.3) is 0 Å². The van der Waals surface area contributed by atoms with Gasteiger partial charge in [0.1, 0.15) is 0 Å². The summed E-state index contributed by atoms with van der Waals surface area (Å²) in [5.41, 5.74) is 1.84. The van der Waals surface area contributed by atoms with E-state index in [1.807, 2.05) is 0 Å². The highest BCUT2D eigenvalue weighted by molar-refractivity contribution is 5.89. The van der Waals surface area contributed by atoms with Crippen molar-refractivity contribution in [2.75, 3.05) is 20.3 Å². The predicted octanol–water partition coefficient (Wildman–Crippen LogP) is 0.711. The molecule has 98 valence electrons. The Hall–Kier alpha value is -2.05. The van der Waals surface area contributed by atoms with Crippen molar-refractivity contribution >= 4 is 12.1 Å². The summed E-state index contributed by atoms with van der Waals surface area (Å²) in [6.45, 7) is 2.88. The molecule has 1 aromatic heterocycles. The van der Waals surface area contributed by atoms with Crippen LogP contribution < -0.4 is 0 Å². The molecule has 0 saturated heterocycles. The lowest BCUT2D eigenvalue weighted by Crippen LogP contribution is -2.36. The summed E-state index contributed by atoms with van der Waals surface area (Å²) in [6.07, 6.45) is 0.216. The average molecular weight is 253 g/mol. The van der Waals surface area contributed by atoms with E-state index in [1.165, 1.54) is 12.0 Å². The van der Waals surface area contributed by atoms with Gasteiger partial charge >= 0.3 is 12.1 Å². The van der Waals surface area contributed by atoms with Crippen LogP contribution in [0.3, 0.4) is 0 Å². The van der Waals surface area contributed by atoms with Gasteiger partial charge in [0.05, 0.1) is 20.3 Å². The quantitative estimate of drug-likeness (QED) is 0.785. The first-order chi connectivity index (χ1) is 8.67. The van der Waals surface area contributed by atoms with Crippen LogP contribution in [0.5, 0.6) is 0 Å².